The van der Waals surface area contributed by atoms with Gasteiger partial charge in [0.25, 0.3) is 0 Å². The maximum atomic E-state index is 10.8. The molecule has 0 spiro atoms. The summed E-state index contributed by atoms with van der Waals surface area (Å²) in [7, 11) is -1.80. The molecule has 0 heterocycles. The van der Waals surface area contributed by atoms with Crippen molar-refractivity contribution in [3.8, 4) is 0 Å². The lowest BCUT2D eigenvalue weighted by molar-refractivity contribution is -0.152. The van der Waals surface area contributed by atoms with Crippen LogP contribution in [0.25, 0.3) is 0 Å². The predicted molar refractivity (Wildman–Crippen MR) is 85.6 cm³/mol. The summed E-state index contributed by atoms with van der Waals surface area (Å²) in [5.74, 6) is -0.433. The average Bonchev–Trinajstić information content (AvgIpc) is 2.25. The van der Waals surface area contributed by atoms with Crippen molar-refractivity contribution in [3.63, 3.8) is 0 Å². The number of ether oxygens (including phenoxy) is 1. The van der Waals surface area contributed by atoms with E-state index in [1.54, 1.807) is 6.92 Å². The summed E-state index contributed by atoms with van der Waals surface area (Å²) < 4.78 is 10.9. The molecule has 0 aliphatic rings. The number of hydrogen-bond acceptors (Lipinski definition) is 5. The van der Waals surface area contributed by atoms with Crippen molar-refractivity contribution in [1.82, 2.24) is 0 Å². The normalized spacial score (nSPS) is 17.2. The molecule has 6 heteroatoms. The van der Waals surface area contributed by atoms with Gasteiger partial charge in [-0.25, -0.2) is 0 Å². The molecule has 0 radical (unpaired) electrons. The van der Waals surface area contributed by atoms with Crippen LogP contribution in [-0.2, 0) is 14.0 Å². The van der Waals surface area contributed by atoms with E-state index in [1.807, 2.05) is 0 Å². The van der Waals surface area contributed by atoms with E-state index in [-0.39, 0.29) is 11.5 Å². The van der Waals surface area contributed by atoms with E-state index in [9.17, 15) is 15.0 Å². The van der Waals surface area contributed by atoms with Gasteiger partial charge in [0.15, 0.2) is 8.32 Å². The fourth-order valence-corrected chi connectivity index (χ4v) is 2.66. The summed E-state index contributed by atoms with van der Waals surface area (Å²) in [4.78, 5) is 10.8. The van der Waals surface area contributed by atoms with Crippen molar-refractivity contribution in [3.05, 3.63) is 0 Å². The van der Waals surface area contributed by atoms with E-state index in [1.165, 1.54) is 6.92 Å². The van der Waals surface area contributed by atoms with Crippen LogP contribution in [0.2, 0.25) is 18.1 Å². The molecular weight excluding hydrogens is 288 g/mol. The molecule has 0 aromatic rings. The average molecular weight is 321 g/mol. The van der Waals surface area contributed by atoms with E-state index in [0.717, 1.165) is 0 Å². The molecule has 0 saturated heterocycles. The van der Waals surface area contributed by atoms with Gasteiger partial charge in [0.2, 0.25) is 0 Å². The first-order valence-electron chi connectivity index (χ1n) is 7.54. The second-order valence-corrected chi connectivity index (χ2v) is 12.0. The summed E-state index contributed by atoms with van der Waals surface area (Å²) >= 11 is 0. The number of carbonyl (C=O) groups excluding carboxylic acids is 1. The minimum absolute atomic E-state index is 0.140. The lowest BCUT2D eigenvalue weighted by Gasteiger charge is -2.36. The minimum Gasteiger partial charge on any atom is -0.460 e. The Hall–Kier alpha value is -0.433. The Kier molecular flexibility index (Phi) is 8.10. The molecule has 0 rings (SSSR count). The molecule has 0 fully saturated rings. The molecule has 21 heavy (non-hydrogen) atoms. The largest absolute Gasteiger partial charge is 0.460 e. The van der Waals surface area contributed by atoms with Gasteiger partial charge >= 0.3 is 5.97 Å². The van der Waals surface area contributed by atoms with Crippen molar-refractivity contribution in [2.45, 2.75) is 83.9 Å². The second kappa shape index (κ2) is 8.27. The summed E-state index contributed by atoms with van der Waals surface area (Å²) in [6, 6.07) is 0. The molecule has 0 amide bonds. The molecule has 0 saturated carbocycles. The maximum Gasteiger partial charge on any atom is 0.302 e. The molecule has 0 aromatic carbocycles. The van der Waals surface area contributed by atoms with Crippen LogP contribution in [0.4, 0.5) is 0 Å². The molecule has 0 bridgehead atoms. The van der Waals surface area contributed by atoms with E-state index in [4.69, 9.17) is 9.16 Å². The summed E-state index contributed by atoms with van der Waals surface area (Å²) in [6.45, 7) is 14.2. The van der Waals surface area contributed by atoms with Crippen molar-refractivity contribution < 1.29 is 24.2 Å². The van der Waals surface area contributed by atoms with Crippen LogP contribution >= 0.6 is 0 Å². The third kappa shape index (κ3) is 7.95. The zero-order chi connectivity index (χ0) is 16.8. The van der Waals surface area contributed by atoms with Crippen LogP contribution in [0.5, 0.6) is 0 Å². The molecule has 0 unspecified atom stereocenters. The minimum atomic E-state index is -1.80. The molecular formula is C15H32O5Si. The standard InChI is InChI=1S/C15H32O5Si/c1-11(20-12(2)16)14(18)10-13(17)8-9-19-21(6,7)15(3,4)5/h11,13-14,17-18H,8-10H2,1-7H3/t11-,13-,14-/m1/s1. The Bertz CT molecular complexity index is 325. The molecule has 3 atom stereocenters. The number of esters is 1. The van der Waals surface area contributed by atoms with Crippen molar-refractivity contribution in [2.75, 3.05) is 6.61 Å². The van der Waals surface area contributed by atoms with Crippen LogP contribution in [0, 0.1) is 0 Å². The second-order valence-electron chi connectivity index (χ2n) is 7.17. The lowest BCUT2D eigenvalue weighted by Crippen LogP contribution is -2.41. The summed E-state index contributed by atoms with van der Waals surface area (Å²) in [5, 5.41) is 19.9. The quantitative estimate of drug-likeness (QED) is 0.531. The third-order valence-electron chi connectivity index (χ3n) is 4.13. The maximum absolute atomic E-state index is 10.8. The van der Waals surface area contributed by atoms with Crippen molar-refractivity contribution in [2.24, 2.45) is 0 Å². The monoisotopic (exact) mass is 320 g/mol. The Labute approximate surface area is 129 Å². The number of carbonyl (C=O) groups is 1. The Balaban J connectivity index is 4.11. The Morgan fingerprint density at radius 2 is 1.76 bits per heavy atom. The zero-order valence-corrected chi connectivity index (χ0v) is 15.5. The van der Waals surface area contributed by atoms with Gasteiger partial charge in [-0.3, -0.25) is 4.79 Å². The molecule has 126 valence electrons. The van der Waals surface area contributed by atoms with E-state index in [2.05, 4.69) is 33.9 Å². The van der Waals surface area contributed by atoms with Gasteiger partial charge in [0.1, 0.15) is 6.10 Å². The number of hydrogen-bond donors (Lipinski definition) is 2. The third-order valence-corrected chi connectivity index (χ3v) is 8.67. The highest BCUT2D eigenvalue weighted by Gasteiger charge is 2.37. The van der Waals surface area contributed by atoms with Gasteiger partial charge in [-0.15, -0.1) is 0 Å². The first-order valence-corrected chi connectivity index (χ1v) is 10.4. The molecule has 0 aromatic heterocycles. The van der Waals surface area contributed by atoms with Gasteiger partial charge in [0, 0.05) is 20.0 Å². The molecule has 5 nitrogen and oxygen atoms in total. The van der Waals surface area contributed by atoms with Gasteiger partial charge in [-0.1, -0.05) is 20.8 Å². The highest BCUT2D eigenvalue weighted by Crippen LogP contribution is 2.36. The number of aliphatic hydroxyl groups excluding tert-OH is 2. The van der Waals surface area contributed by atoms with Gasteiger partial charge in [-0.2, -0.15) is 0 Å². The van der Waals surface area contributed by atoms with Crippen LogP contribution in [0.15, 0.2) is 0 Å². The van der Waals surface area contributed by atoms with Crippen LogP contribution in [0.3, 0.4) is 0 Å². The number of aliphatic hydroxyl groups is 2. The Morgan fingerprint density at radius 1 is 1.24 bits per heavy atom. The number of rotatable bonds is 8. The lowest BCUT2D eigenvalue weighted by atomic mass is 10.1. The van der Waals surface area contributed by atoms with Gasteiger partial charge in [0.05, 0.1) is 12.2 Å². The van der Waals surface area contributed by atoms with E-state index in [0.29, 0.717) is 13.0 Å². The topological polar surface area (TPSA) is 76.0 Å². The van der Waals surface area contributed by atoms with Gasteiger partial charge in [-0.05, 0) is 31.5 Å². The van der Waals surface area contributed by atoms with Gasteiger partial charge < -0.3 is 19.4 Å². The highest BCUT2D eigenvalue weighted by molar-refractivity contribution is 6.74. The highest BCUT2D eigenvalue weighted by atomic mass is 28.4. The summed E-state index contributed by atoms with van der Waals surface area (Å²) in [5.41, 5.74) is 0. The smallest absolute Gasteiger partial charge is 0.302 e. The summed E-state index contributed by atoms with van der Waals surface area (Å²) in [6.07, 6.45) is -1.50. The predicted octanol–water partition coefficient (Wildman–Crippen LogP) is 2.46. The molecule has 0 aliphatic carbocycles. The molecule has 2 N–H and O–H groups in total. The van der Waals surface area contributed by atoms with Crippen LogP contribution < -0.4 is 0 Å². The van der Waals surface area contributed by atoms with Crippen molar-refractivity contribution >= 4 is 14.3 Å². The fourth-order valence-electron chi connectivity index (χ4n) is 1.60. The van der Waals surface area contributed by atoms with Crippen molar-refractivity contribution in [1.29, 1.82) is 0 Å². The van der Waals surface area contributed by atoms with E-state index < -0.39 is 32.6 Å². The van der Waals surface area contributed by atoms with Crippen LogP contribution in [0.1, 0.15) is 47.5 Å². The first kappa shape index (κ1) is 20.6. The SMILES string of the molecule is CC(=O)O[C@H](C)[C@H](O)C[C@H](O)CCO[Si](C)(C)C(C)(C)C. The zero-order valence-electron chi connectivity index (χ0n) is 14.5. The first-order chi connectivity index (χ1) is 9.36. The fraction of sp³-hybridized carbons (Fsp3) is 0.933. The van der Waals surface area contributed by atoms with E-state index >= 15 is 0 Å². The van der Waals surface area contributed by atoms with Crippen LogP contribution in [-0.4, -0.2) is 49.4 Å². The Morgan fingerprint density at radius 3 is 2.19 bits per heavy atom. The molecule has 0 aliphatic heterocycles.